The minimum Gasteiger partial charge on any atom is -0.493 e. The number of benzene rings is 4. The van der Waals surface area contributed by atoms with E-state index < -0.39 is 5.97 Å². The Bertz CT molecular complexity index is 2640. The third kappa shape index (κ3) is 6.97. The highest BCUT2D eigenvalue weighted by molar-refractivity contribution is 7.98. The summed E-state index contributed by atoms with van der Waals surface area (Å²) in [6.07, 6.45) is 2.88. The third-order valence-corrected chi connectivity index (χ3v) is 13.2. The van der Waals surface area contributed by atoms with Crippen molar-refractivity contribution in [3.05, 3.63) is 129 Å². The number of rotatable bonds is 4. The Kier molecular flexibility index (Phi) is 10.1. The SMILES string of the molecule is Cn1nc2cc1CSc1cc(c3ccc(F)cc3c1)OCCCc1c(C(=O)O)n(C)c3c(c(Cl)ccc13)-c1c(nn3c1CCC3)CN(SCc1ccccc1)C2. The van der Waals surface area contributed by atoms with Crippen LogP contribution in [-0.2, 0) is 58.1 Å². The van der Waals surface area contributed by atoms with Gasteiger partial charge in [-0.2, -0.15) is 10.2 Å². The number of hydrogen-bond donors (Lipinski definition) is 1. The Morgan fingerprint density at radius 1 is 0.964 bits per heavy atom. The number of thioether (sulfide) groups is 1. The van der Waals surface area contributed by atoms with E-state index >= 15 is 0 Å². The zero-order valence-corrected chi connectivity index (χ0v) is 33.5. The first-order valence-corrected chi connectivity index (χ1v) is 21.1. The molecule has 0 atom stereocenters. The molecule has 1 N–H and O–H groups in total. The van der Waals surface area contributed by atoms with Crippen LogP contribution in [0.15, 0.2) is 83.8 Å². The van der Waals surface area contributed by atoms with E-state index in [0.717, 1.165) is 91.2 Å². The maximum Gasteiger partial charge on any atom is 0.352 e. The molecule has 13 heteroatoms. The second-order valence-corrected chi connectivity index (χ2v) is 17.0. The number of halogens is 2. The number of carbonyl (C=O) groups is 1. The van der Waals surface area contributed by atoms with Crippen LogP contribution in [0.5, 0.6) is 5.75 Å². The van der Waals surface area contributed by atoms with E-state index in [4.69, 9.17) is 26.5 Å². The molecule has 5 heterocycles. The first kappa shape index (κ1) is 36.9. The molecule has 2 aliphatic rings. The Balaban J connectivity index is 1.19. The molecule has 9 nitrogen and oxygen atoms in total. The smallest absolute Gasteiger partial charge is 0.352 e. The van der Waals surface area contributed by atoms with Crippen LogP contribution in [0.4, 0.5) is 4.39 Å². The highest BCUT2D eigenvalue weighted by atomic mass is 35.5. The molecule has 286 valence electrons. The molecule has 2 aliphatic heterocycles. The summed E-state index contributed by atoms with van der Waals surface area (Å²) in [5.74, 6) is 0.798. The van der Waals surface area contributed by atoms with Gasteiger partial charge in [-0.3, -0.25) is 9.36 Å². The summed E-state index contributed by atoms with van der Waals surface area (Å²) in [6, 6.07) is 25.2. The molecule has 0 fully saturated rings. The van der Waals surface area contributed by atoms with Crippen LogP contribution < -0.4 is 4.74 Å². The summed E-state index contributed by atoms with van der Waals surface area (Å²) < 4.78 is 29.1. The lowest BCUT2D eigenvalue weighted by atomic mass is 9.97. The molecule has 4 aromatic carbocycles. The van der Waals surface area contributed by atoms with Crippen LogP contribution >= 0.6 is 35.3 Å². The van der Waals surface area contributed by atoms with Gasteiger partial charge in [0.2, 0.25) is 0 Å². The van der Waals surface area contributed by atoms with Crippen LogP contribution in [-0.4, -0.2) is 46.1 Å². The Morgan fingerprint density at radius 3 is 2.64 bits per heavy atom. The Morgan fingerprint density at radius 2 is 1.80 bits per heavy atom. The summed E-state index contributed by atoms with van der Waals surface area (Å²) in [6.45, 7) is 2.26. The number of nitrogens with zero attached hydrogens (tertiary/aromatic N) is 6. The fourth-order valence-electron chi connectivity index (χ4n) is 8.24. The lowest BCUT2D eigenvalue weighted by molar-refractivity contribution is 0.0685. The number of hydrogen-bond acceptors (Lipinski definition) is 7. The maximum absolute atomic E-state index is 14.5. The Hall–Kier alpha value is -4.75. The van der Waals surface area contributed by atoms with Crippen molar-refractivity contribution >= 4 is 63.0 Å². The van der Waals surface area contributed by atoms with Gasteiger partial charge in [0.25, 0.3) is 0 Å². The van der Waals surface area contributed by atoms with Crippen molar-refractivity contribution in [2.24, 2.45) is 14.1 Å². The predicted molar refractivity (Wildman–Crippen MR) is 222 cm³/mol. The first-order chi connectivity index (χ1) is 27.2. The van der Waals surface area contributed by atoms with Gasteiger partial charge in [0.1, 0.15) is 17.3 Å². The summed E-state index contributed by atoms with van der Waals surface area (Å²) in [7, 11) is 3.80. The molecule has 3 aromatic heterocycles. The van der Waals surface area contributed by atoms with Crippen LogP contribution in [0.1, 0.15) is 57.2 Å². The van der Waals surface area contributed by atoms with Crippen LogP contribution in [0.2, 0.25) is 5.02 Å². The van der Waals surface area contributed by atoms with E-state index in [1.807, 2.05) is 49.1 Å². The minimum atomic E-state index is -0.993. The quantitative estimate of drug-likeness (QED) is 0.176. The van der Waals surface area contributed by atoms with Gasteiger partial charge in [-0.15, -0.1) is 11.8 Å². The number of carboxylic acids is 1. The normalized spacial score (nSPS) is 15.1. The fourth-order valence-corrected chi connectivity index (χ4v) is 10.4. The molecule has 0 amide bonds. The van der Waals surface area contributed by atoms with E-state index in [1.165, 1.54) is 17.7 Å². The second kappa shape index (κ2) is 15.3. The van der Waals surface area contributed by atoms with Crippen molar-refractivity contribution in [2.75, 3.05) is 6.61 Å². The topological polar surface area (TPSA) is 90.3 Å². The zero-order chi connectivity index (χ0) is 38.5. The molecule has 56 heavy (non-hydrogen) atoms. The summed E-state index contributed by atoms with van der Waals surface area (Å²) in [5.41, 5.74) is 8.83. The standard InChI is InChI=1S/C43H40ClFN6O3S2/c1-48-41-34-14-15-35(44)39(41)40-36(47-51-16-6-11-37(40)51)23-50(56-24-26-8-4-3-5-9-26)22-29-20-30(49(2)46-29)25-55-31-19-27-18-28(45)12-13-32(27)38(21-31)54-17-7-10-33(34)42(48)43(52)53/h3-5,8-9,12-15,18-21H,6-7,10-11,16-17,22-25H2,1-2H3,(H,52,53). The van der Waals surface area contributed by atoms with Gasteiger partial charge in [0.15, 0.2) is 0 Å². The van der Waals surface area contributed by atoms with E-state index in [1.54, 1.807) is 34.3 Å². The molecule has 0 saturated carbocycles. The number of fused-ring (bicyclic) bond motifs is 10. The van der Waals surface area contributed by atoms with Gasteiger partial charge in [-0.1, -0.05) is 59.9 Å². The molecule has 7 aromatic rings. The highest BCUT2D eigenvalue weighted by Crippen LogP contribution is 2.44. The lowest BCUT2D eigenvalue weighted by Crippen LogP contribution is -2.17. The number of carboxylic acid groups (broad SMARTS) is 1. The maximum atomic E-state index is 14.5. The van der Waals surface area contributed by atoms with Crippen molar-refractivity contribution in [3.63, 3.8) is 0 Å². The van der Waals surface area contributed by atoms with Gasteiger partial charge in [-0.05, 0) is 84.7 Å². The van der Waals surface area contributed by atoms with Gasteiger partial charge in [0.05, 0.1) is 41.6 Å². The number of aromatic carboxylic acids is 1. The third-order valence-electron chi connectivity index (χ3n) is 10.8. The van der Waals surface area contributed by atoms with E-state index in [0.29, 0.717) is 49.1 Å². The zero-order valence-electron chi connectivity index (χ0n) is 31.1. The van der Waals surface area contributed by atoms with Gasteiger partial charge in [-0.25, -0.2) is 13.5 Å². The largest absolute Gasteiger partial charge is 0.493 e. The van der Waals surface area contributed by atoms with Crippen LogP contribution in [0, 0.1) is 5.82 Å². The minimum absolute atomic E-state index is 0.237. The summed E-state index contributed by atoms with van der Waals surface area (Å²) >= 11 is 10.6. The number of aryl methyl sites for hydroxylation is 4. The van der Waals surface area contributed by atoms with Crippen LogP contribution in [0.25, 0.3) is 32.8 Å². The van der Waals surface area contributed by atoms with Gasteiger partial charge >= 0.3 is 5.97 Å². The number of aromatic nitrogens is 5. The molecule has 0 aliphatic carbocycles. The molecule has 0 spiro atoms. The second-order valence-electron chi connectivity index (χ2n) is 14.4. The van der Waals surface area contributed by atoms with Crippen molar-refractivity contribution < 1.29 is 19.0 Å². The number of ether oxygens (including phenoxy) is 1. The molecular formula is C43H40ClFN6O3S2. The molecule has 0 radical (unpaired) electrons. The van der Waals surface area contributed by atoms with Crippen molar-refractivity contribution in [1.29, 1.82) is 0 Å². The van der Waals surface area contributed by atoms with Crippen molar-refractivity contribution in [3.8, 4) is 16.9 Å². The monoisotopic (exact) mass is 806 g/mol. The van der Waals surface area contributed by atoms with Gasteiger partial charge < -0.3 is 14.4 Å². The summed E-state index contributed by atoms with van der Waals surface area (Å²) in [5, 5.41) is 23.8. The van der Waals surface area contributed by atoms with Crippen molar-refractivity contribution in [2.45, 2.75) is 61.7 Å². The predicted octanol–water partition coefficient (Wildman–Crippen LogP) is 9.83. The van der Waals surface area contributed by atoms with Gasteiger partial charge in [0, 0.05) is 70.3 Å². The highest BCUT2D eigenvalue weighted by Gasteiger charge is 2.31. The average molecular weight is 807 g/mol. The summed E-state index contributed by atoms with van der Waals surface area (Å²) in [4.78, 5) is 14.0. The van der Waals surface area contributed by atoms with Crippen molar-refractivity contribution in [1.82, 2.24) is 28.4 Å². The molecule has 8 bridgehead atoms. The molecule has 0 saturated heterocycles. The lowest BCUT2D eigenvalue weighted by Gasteiger charge is -2.21. The molecular weight excluding hydrogens is 767 g/mol. The van der Waals surface area contributed by atoms with Crippen LogP contribution in [0.3, 0.4) is 0 Å². The fraction of sp³-hybridized carbons (Fsp3) is 0.279. The average Bonchev–Trinajstić information content (AvgIpc) is 3.93. The van der Waals surface area contributed by atoms with E-state index in [9.17, 15) is 14.3 Å². The van der Waals surface area contributed by atoms with E-state index in [2.05, 4.69) is 39.3 Å². The molecule has 0 unspecified atom stereocenters. The Labute approximate surface area is 337 Å². The first-order valence-electron chi connectivity index (χ1n) is 18.8. The molecule has 9 rings (SSSR count). The van der Waals surface area contributed by atoms with E-state index in [-0.39, 0.29) is 11.5 Å².